The van der Waals surface area contributed by atoms with Crippen molar-refractivity contribution in [1.82, 2.24) is 19.4 Å². The summed E-state index contributed by atoms with van der Waals surface area (Å²) in [4.78, 5) is 11.5. The van der Waals surface area contributed by atoms with Gasteiger partial charge in [0.05, 0.1) is 17.6 Å². The number of benzene rings is 1. The second kappa shape index (κ2) is 8.50. The molecule has 6 nitrogen and oxygen atoms in total. The molecule has 1 aliphatic heterocycles. The molecule has 0 bridgehead atoms. The lowest BCUT2D eigenvalue weighted by molar-refractivity contribution is 0.204. The summed E-state index contributed by atoms with van der Waals surface area (Å²) in [5.74, 6) is 0.509. The van der Waals surface area contributed by atoms with Gasteiger partial charge in [0.15, 0.2) is 5.13 Å². The standard InChI is InChI=1S/C24H24N6S/c1-29-14-18(21-4-2-3-5-23(21)29)15-30-10-8-17(9-11-30)22-16-31-24(28-22)27-20-7-6-19(12-25)26-13-20/h2-7,13-14,16-17H,8-11,15H2,1H3,(H,27,28). The lowest BCUT2D eigenvalue weighted by Crippen LogP contribution is -2.32. The highest BCUT2D eigenvalue weighted by atomic mass is 32.1. The normalized spacial score (nSPS) is 15.2. The number of thiazole rings is 1. The van der Waals surface area contributed by atoms with Gasteiger partial charge in [0.25, 0.3) is 0 Å². The molecule has 31 heavy (non-hydrogen) atoms. The molecule has 7 heteroatoms. The van der Waals surface area contributed by atoms with Gasteiger partial charge in [-0.05, 0) is 49.7 Å². The van der Waals surface area contributed by atoms with Crippen LogP contribution in [0.1, 0.15) is 35.7 Å². The molecular weight excluding hydrogens is 404 g/mol. The fourth-order valence-electron chi connectivity index (χ4n) is 4.37. The Morgan fingerprint density at radius 2 is 2.03 bits per heavy atom. The summed E-state index contributed by atoms with van der Waals surface area (Å²) < 4.78 is 2.23. The quantitative estimate of drug-likeness (QED) is 0.483. The molecule has 0 aliphatic carbocycles. The summed E-state index contributed by atoms with van der Waals surface area (Å²) in [6.07, 6.45) is 6.21. The molecule has 1 N–H and O–H groups in total. The summed E-state index contributed by atoms with van der Waals surface area (Å²) in [6, 6.07) is 14.2. The molecule has 0 spiro atoms. The SMILES string of the molecule is Cn1cc(CN2CCC(c3csc(Nc4ccc(C#N)nc4)n3)CC2)c2ccccc21. The minimum Gasteiger partial charge on any atom is -0.350 e. The number of para-hydroxylation sites is 1. The average molecular weight is 429 g/mol. The molecular formula is C24H24N6S. The first-order chi connectivity index (χ1) is 15.2. The number of aryl methyl sites for hydroxylation is 1. The zero-order valence-corrected chi connectivity index (χ0v) is 18.3. The highest BCUT2D eigenvalue weighted by Crippen LogP contribution is 2.32. The number of nitrogens with one attached hydrogen (secondary N) is 1. The molecule has 4 heterocycles. The maximum atomic E-state index is 8.87. The van der Waals surface area contributed by atoms with Gasteiger partial charge in [-0.3, -0.25) is 4.90 Å². The van der Waals surface area contributed by atoms with Gasteiger partial charge in [-0.2, -0.15) is 5.26 Å². The molecule has 0 radical (unpaired) electrons. The van der Waals surface area contributed by atoms with E-state index in [1.807, 2.05) is 12.1 Å². The first kappa shape index (κ1) is 19.7. The summed E-state index contributed by atoms with van der Waals surface area (Å²) in [7, 11) is 2.12. The number of hydrogen-bond acceptors (Lipinski definition) is 6. The monoisotopic (exact) mass is 428 g/mol. The number of pyridine rings is 1. The number of nitriles is 1. The first-order valence-corrected chi connectivity index (χ1v) is 11.4. The average Bonchev–Trinajstić information content (AvgIpc) is 3.40. The number of likely N-dealkylation sites (tertiary alicyclic amines) is 1. The number of rotatable bonds is 5. The van der Waals surface area contributed by atoms with Crippen LogP contribution >= 0.6 is 11.3 Å². The minimum absolute atomic E-state index is 0.417. The molecule has 1 fully saturated rings. The van der Waals surface area contributed by atoms with Crippen LogP contribution in [0.2, 0.25) is 0 Å². The molecule has 0 unspecified atom stereocenters. The Kier molecular flexibility index (Phi) is 5.41. The Hall–Kier alpha value is -3.21. The van der Waals surface area contributed by atoms with Crippen molar-refractivity contribution in [3.8, 4) is 6.07 Å². The van der Waals surface area contributed by atoms with Crippen LogP contribution in [0.4, 0.5) is 10.8 Å². The van der Waals surface area contributed by atoms with Gasteiger partial charge in [-0.15, -0.1) is 11.3 Å². The molecule has 3 aromatic heterocycles. The van der Waals surface area contributed by atoms with E-state index in [9.17, 15) is 0 Å². The first-order valence-electron chi connectivity index (χ1n) is 10.5. The zero-order chi connectivity index (χ0) is 21.2. The van der Waals surface area contributed by atoms with Crippen LogP contribution in [-0.4, -0.2) is 32.5 Å². The topological polar surface area (TPSA) is 69.8 Å². The lowest BCUT2D eigenvalue weighted by Gasteiger charge is -2.31. The van der Waals surface area contributed by atoms with Crippen LogP contribution in [0, 0.1) is 11.3 Å². The van der Waals surface area contributed by atoms with Crippen LogP contribution in [0.15, 0.2) is 54.2 Å². The molecule has 1 saturated heterocycles. The van der Waals surface area contributed by atoms with Crippen molar-refractivity contribution in [3.05, 3.63) is 71.1 Å². The van der Waals surface area contributed by atoms with E-state index in [2.05, 4.69) is 62.7 Å². The van der Waals surface area contributed by atoms with E-state index >= 15 is 0 Å². The number of aromatic nitrogens is 3. The maximum Gasteiger partial charge on any atom is 0.187 e. The van der Waals surface area contributed by atoms with Crippen molar-refractivity contribution in [3.63, 3.8) is 0 Å². The van der Waals surface area contributed by atoms with E-state index in [0.29, 0.717) is 11.6 Å². The van der Waals surface area contributed by atoms with Crippen molar-refractivity contribution < 1.29 is 0 Å². The smallest absolute Gasteiger partial charge is 0.187 e. The van der Waals surface area contributed by atoms with Gasteiger partial charge in [-0.1, -0.05) is 18.2 Å². The van der Waals surface area contributed by atoms with Crippen molar-refractivity contribution in [2.45, 2.75) is 25.3 Å². The molecule has 4 aromatic rings. The van der Waals surface area contributed by atoms with Crippen LogP contribution in [0.3, 0.4) is 0 Å². The molecule has 1 aliphatic rings. The van der Waals surface area contributed by atoms with E-state index < -0.39 is 0 Å². The number of anilines is 2. The Bertz CT molecular complexity index is 1230. The Labute approximate surface area is 185 Å². The van der Waals surface area contributed by atoms with Crippen LogP contribution in [-0.2, 0) is 13.6 Å². The van der Waals surface area contributed by atoms with E-state index in [1.54, 1.807) is 23.6 Å². The Morgan fingerprint density at radius 1 is 1.19 bits per heavy atom. The van der Waals surface area contributed by atoms with Gasteiger partial charge in [0.2, 0.25) is 0 Å². The van der Waals surface area contributed by atoms with Crippen LogP contribution in [0.25, 0.3) is 10.9 Å². The lowest BCUT2D eigenvalue weighted by atomic mass is 9.94. The predicted octanol–water partition coefficient (Wildman–Crippen LogP) is 5.02. The van der Waals surface area contributed by atoms with Crippen LogP contribution in [0.5, 0.6) is 0 Å². The number of piperidine rings is 1. The second-order valence-corrected chi connectivity index (χ2v) is 8.94. The molecule has 5 rings (SSSR count). The summed E-state index contributed by atoms with van der Waals surface area (Å²) in [5.41, 5.74) is 5.16. The van der Waals surface area contributed by atoms with E-state index in [-0.39, 0.29) is 0 Å². The van der Waals surface area contributed by atoms with Gasteiger partial charge in [0.1, 0.15) is 11.8 Å². The van der Waals surface area contributed by atoms with Gasteiger partial charge < -0.3 is 9.88 Å². The van der Waals surface area contributed by atoms with Gasteiger partial charge >= 0.3 is 0 Å². The van der Waals surface area contributed by atoms with Gasteiger partial charge in [-0.25, -0.2) is 9.97 Å². The van der Waals surface area contributed by atoms with E-state index in [4.69, 9.17) is 10.2 Å². The van der Waals surface area contributed by atoms with E-state index in [0.717, 1.165) is 43.3 Å². The Morgan fingerprint density at radius 3 is 2.81 bits per heavy atom. The minimum atomic E-state index is 0.417. The van der Waals surface area contributed by atoms with Crippen molar-refractivity contribution in [2.24, 2.45) is 7.05 Å². The Balaban J connectivity index is 1.19. The van der Waals surface area contributed by atoms with E-state index in [1.165, 1.54) is 22.2 Å². The molecule has 1 aromatic carbocycles. The summed E-state index contributed by atoms with van der Waals surface area (Å²) in [6.45, 7) is 3.19. The maximum absolute atomic E-state index is 8.87. The molecule has 0 amide bonds. The zero-order valence-electron chi connectivity index (χ0n) is 17.5. The molecule has 156 valence electrons. The number of hydrogen-bond donors (Lipinski definition) is 1. The fraction of sp³-hybridized carbons (Fsp3) is 0.292. The largest absolute Gasteiger partial charge is 0.350 e. The van der Waals surface area contributed by atoms with Crippen molar-refractivity contribution in [2.75, 3.05) is 18.4 Å². The fourth-order valence-corrected chi connectivity index (χ4v) is 5.18. The van der Waals surface area contributed by atoms with Crippen molar-refractivity contribution in [1.29, 1.82) is 5.26 Å². The highest BCUT2D eigenvalue weighted by Gasteiger charge is 2.23. The predicted molar refractivity (Wildman–Crippen MR) is 125 cm³/mol. The van der Waals surface area contributed by atoms with Crippen LogP contribution < -0.4 is 5.32 Å². The second-order valence-electron chi connectivity index (χ2n) is 8.08. The number of fused-ring (bicyclic) bond motifs is 1. The third kappa shape index (κ3) is 4.18. The number of nitrogens with zero attached hydrogens (tertiary/aromatic N) is 5. The highest BCUT2D eigenvalue weighted by molar-refractivity contribution is 7.13. The van der Waals surface area contributed by atoms with Gasteiger partial charge in [0, 0.05) is 42.0 Å². The molecule has 0 atom stereocenters. The summed E-state index contributed by atoms with van der Waals surface area (Å²) >= 11 is 1.62. The third-order valence-electron chi connectivity index (χ3n) is 6.03. The third-order valence-corrected chi connectivity index (χ3v) is 6.81. The molecule has 0 saturated carbocycles. The summed E-state index contributed by atoms with van der Waals surface area (Å²) in [5, 5.41) is 16.6. The van der Waals surface area contributed by atoms with Crippen molar-refractivity contribution >= 4 is 33.1 Å².